The van der Waals surface area contributed by atoms with E-state index in [0.29, 0.717) is 15.8 Å². The van der Waals surface area contributed by atoms with Crippen molar-refractivity contribution in [2.75, 3.05) is 18.6 Å². The highest BCUT2D eigenvalue weighted by Gasteiger charge is 2.08. The van der Waals surface area contributed by atoms with Gasteiger partial charge >= 0.3 is 5.97 Å². The van der Waals surface area contributed by atoms with Gasteiger partial charge in [0.2, 0.25) is 0 Å². The second-order valence-electron chi connectivity index (χ2n) is 4.91. The van der Waals surface area contributed by atoms with Gasteiger partial charge in [0.05, 0.1) is 12.9 Å². The van der Waals surface area contributed by atoms with Crippen LogP contribution < -0.4 is 0 Å². The minimum Gasteiger partial charge on any atom is -0.469 e. The molecule has 126 valence electrons. The Bertz CT molecular complexity index is 559. The first-order valence-electron chi connectivity index (χ1n) is 7.30. The number of halogens is 2. The molecule has 0 aliphatic heterocycles. The molecule has 0 saturated heterocycles. The quantitative estimate of drug-likeness (QED) is 0.326. The van der Waals surface area contributed by atoms with Crippen LogP contribution in [0.3, 0.4) is 0 Å². The minimum absolute atomic E-state index is 0.0841. The maximum atomic E-state index is 11.4. The van der Waals surface area contributed by atoms with Crippen LogP contribution in [0.4, 0.5) is 0 Å². The third kappa shape index (κ3) is 9.04. The van der Waals surface area contributed by atoms with Gasteiger partial charge in [0, 0.05) is 10.0 Å². The van der Waals surface area contributed by atoms with E-state index in [1.165, 1.54) is 7.11 Å². The second kappa shape index (κ2) is 11.5. The lowest BCUT2D eigenvalue weighted by Crippen LogP contribution is -2.11. The molecule has 0 aliphatic rings. The third-order valence-corrected chi connectivity index (χ3v) is 4.67. The smallest absolute Gasteiger partial charge is 0.313 e. The molecule has 0 N–H and O–H groups in total. The standard InChI is InChI=1S/C17H20Cl2O3S/c1-22-17(21)11-15(20)12-23-9-5-3-2-4-6-13-7-8-14(18)10-16(13)19/h4,6-8,10H,2-3,5,9,11-12H2,1H3/b6-4+. The van der Waals surface area contributed by atoms with E-state index >= 15 is 0 Å². The fraction of sp³-hybridized carbons (Fsp3) is 0.412. The molecule has 0 unspecified atom stereocenters. The second-order valence-corrected chi connectivity index (χ2v) is 6.86. The summed E-state index contributed by atoms with van der Waals surface area (Å²) in [6.07, 6.45) is 6.96. The number of carbonyl (C=O) groups is 2. The number of hydrogen-bond acceptors (Lipinski definition) is 4. The number of allylic oxidation sites excluding steroid dienone is 1. The van der Waals surface area contributed by atoms with Gasteiger partial charge in [0.1, 0.15) is 6.42 Å². The topological polar surface area (TPSA) is 43.4 Å². The monoisotopic (exact) mass is 374 g/mol. The molecule has 0 atom stereocenters. The van der Waals surface area contributed by atoms with Gasteiger partial charge in [-0.1, -0.05) is 41.4 Å². The zero-order chi connectivity index (χ0) is 17.1. The highest BCUT2D eigenvalue weighted by Crippen LogP contribution is 2.22. The highest BCUT2D eigenvalue weighted by molar-refractivity contribution is 7.99. The normalized spacial score (nSPS) is 10.9. The van der Waals surface area contributed by atoms with Gasteiger partial charge in [-0.3, -0.25) is 9.59 Å². The molecule has 3 nitrogen and oxygen atoms in total. The molecule has 0 aliphatic carbocycles. The van der Waals surface area contributed by atoms with Crippen molar-refractivity contribution in [1.29, 1.82) is 0 Å². The largest absolute Gasteiger partial charge is 0.469 e. The summed E-state index contributed by atoms with van der Waals surface area (Å²) in [5, 5.41) is 1.28. The van der Waals surface area contributed by atoms with Crippen molar-refractivity contribution in [1.82, 2.24) is 0 Å². The lowest BCUT2D eigenvalue weighted by atomic mass is 10.1. The van der Waals surface area contributed by atoms with E-state index in [2.05, 4.69) is 10.8 Å². The number of thioether (sulfide) groups is 1. The van der Waals surface area contributed by atoms with Crippen LogP contribution in [-0.2, 0) is 14.3 Å². The van der Waals surface area contributed by atoms with E-state index in [-0.39, 0.29) is 12.2 Å². The molecule has 0 bridgehead atoms. The number of ketones is 1. The first-order chi connectivity index (χ1) is 11.0. The van der Waals surface area contributed by atoms with Crippen molar-refractivity contribution in [2.45, 2.75) is 25.7 Å². The first kappa shape index (κ1) is 20.1. The van der Waals surface area contributed by atoms with Gasteiger partial charge in [-0.2, -0.15) is 11.8 Å². The van der Waals surface area contributed by atoms with Crippen LogP contribution in [0.1, 0.15) is 31.2 Å². The maximum absolute atomic E-state index is 11.4. The Kier molecular flexibility index (Phi) is 10.1. The van der Waals surface area contributed by atoms with Crippen molar-refractivity contribution < 1.29 is 14.3 Å². The molecule has 0 radical (unpaired) electrons. The van der Waals surface area contributed by atoms with Crippen LogP contribution in [0.25, 0.3) is 6.08 Å². The van der Waals surface area contributed by atoms with Crippen molar-refractivity contribution >= 4 is 52.8 Å². The molecule has 0 fully saturated rings. The Balaban J connectivity index is 2.10. The summed E-state index contributed by atoms with van der Waals surface area (Å²) in [6, 6.07) is 5.43. The Labute approximate surface area is 151 Å². The average molecular weight is 375 g/mol. The molecule has 0 aromatic heterocycles. The summed E-state index contributed by atoms with van der Waals surface area (Å²) in [4.78, 5) is 22.3. The molecule has 23 heavy (non-hydrogen) atoms. The number of ether oxygens (including phenoxy) is 1. The number of Topliss-reactive ketones (excluding diaryl/α,β-unsaturated/α-hetero) is 1. The molecule has 6 heteroatoms. The highest BCUT2D eigenvalue weighted by atomic mass is 35.5. The summed E-state index contributed by atoms with van der Waals surface area (Å²) < 4.78 is 4.45. The molecular weight excluding hydrogens is 355 g/mol. The van der Waals surface area contributed by atoms with E-state index < -0.39 is 5.97 Å². The molecule has 0 heterocycles. The fourth-order valence-corrected chi connectivity index (χ4v) is 3.14. The third-order valence-electron chi connectivity index (χ3n) is 3.00. The van der Waals surface area contributed by atoms with Gasteiger partial charge in [-0.25, -0.2) is 0 Å². The van der Waals surface area contributed by atoms with E-state index in [4.69, 9.17) is 23.2 Å². The van der Waals surface area contributed by atoms with Gasteiger partial charge < -0.3 is 4.74 Å². The van der Waals surface area contributed by atoms with E-state index in [9.17, 15) is 9.59 Å². The Morgan fingerprint density at radius 1 is 1.26 bits per heavy atom. The van der Waals surface area contributed by atoms with Crippen molar-refractivity contribution in [2.24, 2.45) is 0 Å². The molecule has 1 aromatic rings. The molecule has 0 saturated carbocycles. The number of esters is 1. The molecule has 0 amide bonds. The van der Waals surface area contributed by atoms with Crippen LogP contribution in [0.5, 0.6) is 0 Å². The number of methoxy groups -OCH3 is 1. The van der Waals surface area contributed by atoms with Gasteiger partial charge in [0.15, 0.2) is 5.78 Å². The van der Waals surface area contributed by atoms with Gasteiger partial charge in [0.25, 0.3) is 0 Å². The van der Waals surface area contributed by atoms with E-state index in [1.807, 2.05) is 18.2 Å². The SMILES string of the molecule is COC(=O)CC(=O)CSCCCC/C=C/c1ccc(Cl)cc1Cl. The molecular formula is C17H20Cl2O3S. The van der Waals surface area contributed by atoms with Crippen LogP contribution in [0.2, 0.25) is 10.0 Å². The summed E-state index contributed by atoms with van der Waals surface area (Å²) in [7, 11) is 1.29. The fourth-order valence-electron chi connectivity index (χ4n) is 1.78. The number of unbranched alkanes of at least 4 members (excludes halogenated alkanes) is 2. The van der Waals surface area contributed by atoms with E-state index in [0.717, 1.165) is 30.6 Å². The van der Waals surface area contributed by atoms with Crippen molar-refractivity contribution in [3.8, 4) is 0 Å². The van der Waals surface area contributed by atoms with Crippen LogP contribution >= 0.6 is 35.0 Å². The summed E-state index contributed by atoms with van der Waals surface area (Å²) in [5.74, 6) is 0.717. The predicted molar refractivity (Wildman–Crippen MR) is 98.3 cm³/mol. The lowest BCUT2D eigenvalue weighted by molar-refractivity contribution is -0.142. The average Bonchev–Trinajstić information content (AvgIpc) is 2.51. The summed E-state index contributed by atoms with van der Waals surface area (Å²) in [5.41, 5.74) is 0.957. The molecule has 1 aromatic carbocycles. The molecule has 0 spiro atoms. The Morgan fingerprint density at radius 2 is 2.04 bits per heavy atom. The first-order valence-corrected chi connectivity index (χ1v) is 9.22. The van der Waals surface area contributed by atoms with Crippen molar-refractivity contribution in [3.63, 3.8) is 0 Å². The van der Waals surface area contributed by atoms with Gasteiger partial charge in [-0.05, 0) is 42.7 Å². The lowest BCUT2D eigenvalue weighted by Gasteiger charge is -2.01. The number of benzene rings is 1. The molecule has 1 rings (SSSR count). The zero-order valence-corrected chi connectivity index (χ0v) is 15.3. The minimum atomic E-state index is -0.471. The number of carbonyl (C=O) groups excluding carboxylic acids is 2. The summed E-state index contributed by atoms with van der Waals surface area (Å²) >= 11 is 13.5. The zero-order valence-electron chi connectivity index (χ0n) is 13.0. The van der Waals surface area contributed by atoms with Crippen molar-refractivity contribution in [3.05, 3.63) is 39.9 Å². The number of rotatable bonds is 10. The number of hydrogen-bond donors (Lipinski definition) is 0. The Morgan fingerprint density at radius 3 is 2.74 bits per heavy atom. The van der Waals surface area contributed by atoms with Gasteiger partial charge in [-0.15, -0.1) is 0 Å². The van der Waals surface area contributed by atoms with Crippen LogP contribution in [-0.4, -0.2) is 30.4 Å². The Hall–Kier alpha value is -0.970. The predicted octanol–water partition coefficient (Wildman–Crippen LogP) is 5.04. The maximum Gasteiger partial charge on any atom is 0.313 e. The van der Waals surface area contributed by atoms with E-state index in [1.54, 1.807) is 17.8 Å². The van der Waals surface area contributed by atoms with Crippen LogP contribution in [0, 0.1) is 0 Å². The summed E-state index contributed by atoms with van der Waals surface area (Å²) in [6.45, 7) is 0. The van der Waals surface area contributed by atoms with Crippen LogP contribution in [0.15, 0.2) is 24.3 Å².